The third-order valence-corrected chi connectivity index (χ3v) is 4.82. The van der Waals surface area contributed by atoms with Gasteiger partial charge in [0.1, 0.15) is 5.75 Å². The van der Waals surface area contributed by atoms with Gasteiger partial charge < -0.3 is 9.30 Å². The Morgan fingerprint density at radius 2 is 1.91 bits per heavy atom. The van der Waals surface area contributed by atoms with Crippen molar-refractivity contribution in [3.05, 3.63) is 48.8 Å². The van der Waals surface area contributed by atoms with Crippen LogP contribution in [0.25, 0.3) is 11.0 Å². The molecule has 23 heavy (non-hydrogen) atoms. The van der Waals surface area contributed by atoms with E-state index in [-0.39, 0.29) is 4.90 Å². The molecule has 7 heteroatoms. The molecule has 0 aliphatic rings. The van der Waals surface area contributed by atoms with E-state index >= 15 is 0 Å². The van der Waals surface area contributed by atoms with E-state index in [4.69, 9.17) is 4.74 Å². The zero-order chi connectivity index (χ0) is 16.4. The third kappa shape index (κ3) is 3.14. The van der Waals surface area contributed by atoms with Crippen molar-refractivity contribution in [1.82, 2.24) is 9.55 Å². The molecule has 1 heterocycles. The smallest absolute Gasteiger partial charge is 0.261 e. The first-order chi connectivity index (χ1) is 11.0. The van der Waals surface area contributed by atoms with Crippen molar-refractivity contribution in [2.45, 2.75) is 11.8 Å². The monoisotopic (exact) mass is 331 g/mol. The van der Waals surface area contributed by atoms with Crippen LogP contribution < -0.4 is 9.46 Å². The first-order valence-electron chi connectivity index (χ1n) is 7.16. The van der Waals surface area contributed by atoms with Gasteiger partial charge in [0, 0.05) is 7.05 Å². The van der Waals surface area contributed by atoms with Crippen LogP contribution in [0.5, 0.6) is 5.75 Å². The van der Waals surface area contributed by atoms with Gasteiger partial charge in [-0.2, -0.15) is 0 Å². The van der Waals surface area contributed by atoms with Crippen LogP contribution in [0.2, 0.25) is 0 Å². The molecule has 0 atom stereocenters. The van der Waals surface area contributed by atoms with Gasteiger partial charge in [0.25, 0.3) is 10.0 Å². The van der Waals surface area contributed by atoms with E-state index in [1.807, 2.05) is 24.6 Å². The molecule has 2 aromatic carbocycles. The first kappa shape index (κ1) is 15.4. The van der Waals surface area contributed by atoms with Gasteiger partial charge in [-0.25, -0.2) is 13.4 Å². The van der Waals surface area contributed by atoms with Crippen LogP contribution in [-0.2, 0) is 17.1 Å². The molecule has 3 aromatic rings. The van der Waals surface area contributed by atoms with E-state index in [0.29, 0.717) is 18.0 Å². The van der Waals surface area contributed by atoms with Crippen molar-refractivity contribution in [3.8, 4) is 5.75 Å². The molecule has 0 radical (unpaired) electrons. The Hall–Kier alpha value is -2.54. The minimum atomic E-state index is -3.65. The SMILES string of the molecule is CCOc1ccc(S(=O)(=O)Nc2ccc3c(c2)ncn3C)cc1. The molecule has 0 saturated heterocycles. The fourth-order valence-electron chi connectivity index (χ4n) is 2.30. The highest BCUT2D eigenvalue weighted by atomic mass is 32.2. The average Bonchev–Trinajstić information content (AvgIpc) is 2.89. The van der Waals surface area contributed by atoms with Gasteiger partial charge in [-0.1, -0.05) is 0 Å². The molecule has 1 aromatic heterocycles. The van der Waals surface area contributed by atoms with Crippen LogP contribution in [0.3, 0.4) is 0 Å². The van der Waals surface area contributed by atoms with Crippen molar-refractivity contribution in [1.29, 1.82) is 0 Å². The maximum Gasteiger partial charge on any atom is 0.261 e. The lowest BCUT2D eigenvalue weighted by Gasteiger charge is -2.09. The second-order valence-corrected chi connectivity index (χ2v) is 6.75. The Kier molecular flexibility index (Phi) is 3.96. The van der Waals surface area contributed by atoms with Crippen LogP contribution in [0.4, 0.5) is 5.69 Å². The number of rotatable bonds is 5. The van der Waals surface area contributed by atoms with Gasteiger partial charge in [-0.05, 0) is 49.4 Å². The minimum Gasteiger partial charge on any atom is -0.494 e. The van der Waals surface area contributed by atoms with Gasteiger partial charge in [-0.15, -0.1) is 0 Å². The maximum atomic E-state index is 12.4. The number of imidazole rings is 1. The number of aromatic nitrogens is 2. The van der Waals surface area contributed by atoms with Crippen molar-refractivity contribution in [3.63, 3.8) is 0 Å². The van der Waals surface area contributed by atoms with Gasteiger partial charge in [0.05, 0.1) is 34.6 Å². The van der Waals surface area contributed by atoms with Crippen molar-refractivity contribution in [2.75, 3.05) is 11.3 Å². The van der Waals surface area contributed by atoms with Crippen LogP contribution in [0.1, 0.15) is 6.92 Å². The summed E-state index contributed by atoms with van der Waals surface area (Å²) in [5.74, 6) is 0.640. The highest BCUT2D eigenvalue weighted by Gasteiger charge is 2.15. The van der Waals surface area contributed by atoms with E-state index < -0.39 is 10.0 Å². The molecule has 0 fully saturated rings. The molecule has 3 rings (SSSR count). The molecule has 0 aliphatic carbocycles. The Bertz CT molecular complexity index is 931. The topological polar surface area (TPSA) is 73.2 Å². The summed E-state index contributed by atoms with van der Waals surface area (Å²) in [6.07, 6.45) is 1.69. The summed E-state index contributed by atoms with van der Waals surface area (Å²) in [5.41, 5.74) is 2.15. The largest absolute Gasteiger partial charge is 0.494 e. The van der Waals surface area contributed by atoms with E-state index in [1.54, 1.807) is 30.6 Å². The van der Waals surface area contributed by atoms with Gasteiger partial charge in [0.15, 0.2) is 0 Å². The highest BCUT2D eigenvalue weighted by molar-refractivity contribution is 7.92. The summed E-state index contributed by atoms with van der Waals surface area (Å²) >= 11 is 0. The summed E-state index contributed by atoms with van der Waals surface area (Å²) in [6, 6.07) is 11.6. The Balaban J connectivity index is 1.86. The van der Waals surface area contributed by atoms with Crippen LogP contribution in [-0.4, -0.2) is 24.6 Å². The fourth-order valence-corrected chi connectivity index (χ4v) is 3.34. The number of fused-ring (bicyclic) bond motifs is 1. The van der Waals surface area contributed by atoms with Crippen LogP contribution in [0.15, 0.2) is 53.7 Å². The lowest BCUT2D eigenvalue weighted by molar-refractivity contribution is 0.340. The molecule has 0 spiro atoms. The molecule has 120 valence electrons. The lowest BCUT2D eigenvalue weighted by atomic mass is 10.3. The molecule has 6 nitrogen and oxygen atoms in total. The Morgan fingerprint density at radius 3 is 2.61 bits per heavy atom. The van der Waals surface area contributed by atoms with Crippen molar-refractivity contribution in [2.24, 2.45) is 7.05 Å². The van der Waals surface area contributed by atoms with Crippen molar-refractivity contribution >= 4 is 26.7 Å². The Labute approximate surface area is 134 Å². The van der Waals surface area contributed by atoms with E-state index in [2.05, 4.69) is 9.71 Å². The number of nitrogens with zero attached hydrogens (tertiary/aromatic N) is 2. The summed E-state index contributed by atoms with van der Waals surface area (Å²) < 4.78 is 34.6. The second-order valence-electron chi connectivity index (χ2n) is 5.07. The number of hydrogen-bond acceptors (Lipinski definition) is 4. The fraction of sp³-hybridized carbons (Fsp3) is 0.188. The number of benzene rings is 2. The molecule has 0 saturated carbocycles. The molecule has 1 N–H and O–H groups in total. The second kappa shape index (κ2) is 5.92. The zero-order valence-corrected chi connectivity index (χ0v) is 13.7. The van der Waals surface area contributed by atoms with Gasteiger partial charge >= 0.3 is 0 Å². The maximum absolute atomic E-state index is 12.4. The number of sulfonamides is 1. The lowest BCUT2D eigenvalue weighted by Crippen LogP contribution is -2.12. The summed E-state index contributed by atoms with van der Waals surface area (Å²) in [7, 11) is -1.76. The molecule has 0 bridgehead atoms. The van der Waals surface area contributed by atoms with Gasteiger partial charge in [0.2, 0.25) is 0 Å². The third-order valence-electron chi connectivity index (χ3n) is 3.42. The number of ether oxygens (including phenoxy) is 1. The van der Waals surface area contributed by atoms with Gasteiger partial charge in [-0.3, -0.25) is 4.72 Å². The Morgan fingerprint density at radius 1 is 1.17 bits per heavy atom. The summed E-state index contributed by atoms with van der Waals surface area (Å²) in [4.78, 5) is 4.41. The number of aryl methyl sites for hydroxylation is 1. The molecule has 0 unspecified atom stereocenters. The summed E-state index contributed by atoms with van der Waals surface area (Å²) in [6.45, 7) is 2.41. The summed E-state index contributed by atoms with van der Waals surface area (Å²) in [5, 5.41) is 0. The zero-order valence-electron chi connectivity index (χ0n) is 12.9. The highest BCUT2D eigenvalue weighted by Crippen LogP contribution is 2.22. The van der Waals surface area contributed by atoms with Crippen molar-refractivity contribution < 1.29 is 13.2 Å². The number of anilines is 1. The van der Waals surface area contributed by atoms with Crippen LogP contribution in [0, 0.1) is 0 Å². The number of hydrogen-bond donors (Lipinski definition) is 1. The van der Waals surface area contributed by atoms with E-state index in [0.717, 1.165) is 11.0 Å². The molecule has 0 amide bonds. The normalized spacial score (nSPS) is 11.6. The first-order valence-corrected chi connectivity index (χ1v) is 8.64. The quantitative estimate of drug-likeness (QED) is 0.780. The number of nitrogens with one attached hydrogen (secondary N) is 1. The van der Waals surface area contributed by atoms with E-state index in [1.165, 1.54) is 12.1 Å². The molecular formula is C16H17N3O3S. The minimum absolute atomic E-state index is 0.182. The molecular weight excluding hydrogens is 314 g/mol. The van der Waals surface area contributed by atoms with Crippen LogP contribution >= 0.6 is 0 Å². The predicted molar refractivity (Wildman–Crippen MR) is 89.1 cm³/mol. The predicted octanol–water partition coefficient (Wildman–Crippen LogP) is 2.77. The van der Waals surface area contributed by atoms with E-state index in [9.17, 15) is 8.42 Å². The average molecular weight is 331 g/mol. The molecule has 0 aliphatic heterocycles. The standard InChI is InChI=1S/C16H17N3O3S/c1-3-22-13-5-7-14(8-6-13)23(20,21)18-12-4-9-16-15(10-12)17-11-19(16)2/h4-11,18H,3H2,1-2H3.